The molecule has 7 nitrogen and oxygen atoms in total. The molecule has 3 heterocycles. The average Bonchev–Trinajstić information content (AvgIpc) is 2.69. The van der Waals surface area contributed by atoms with E-state index in [1.165, 1.54) is 0 Å². The van der Waals surface area contributed by atoms with E-state index >= 15 is 0 Å². The van der Waals surface area contributed by atoms with Crippen molar-refractivity contribution in [3.8, 4) is 0 Å². The van der Waals surface area contributed by atoms with Crippen LogP contribution in [-0.2, 0) is 20.9 Å². The fourth-order valence-electron chi connectivity index (χ4n) is 4.17. The molecule has 0 aromatic carbocycles. The van der Waals surface area contributed by atoms with Gasteiger partial charge in [0, 0.05) is 43.6 Å². The van der Waals surface area contributed by atoms with Gasteiger partial charge in [0.1, 0.15) is 0 Å². The molecule has 0 bridgehead atoms. The van der Waals surface area contributed by atoms with E-state index in [2.05, 4.69) is 10.3 Å². The van der Waals surface area contributed by atoms with E-state index in [4.69, 9.17) is 0 Å². The number of carbonyl (C=O) groups is 3. The van der Waals surface area contributed by atoms with Crippen LogP contribution in [0.2, 0.25) is 0 Å². The molecule has 28 heavy (non-hydrogen) atoms. The number of aromatic nitrogens is 1. The molecule has 7 heteroatoms. The van der Waals surface area contributed by atoms with E-state index in [1.54, 1.807) is 6.20 Å². The number of piperidine rings is 2. The molecule has 0 unspecified atom stereocenters. The number of likely N-dealkylation sites (tertiary alicyclic amines) is 2. The first-order chi connectivity index (χ1) is 13.4. The SMILES string of the molecule is CC(C)C(=O)NCC(=O)N1CCC[C@]2(CCC(=O)N(Cc3ccccn3)C2)C1. The average molecular weight is 386 g/mol. The van der Waals surface area contributed by atoms with Crippen molar-refractivity contribution in [1.29, 1.82) is 0 Å². The first-order valence-electron chi connectivity index (χ1n) is 10.1. The molecule has 3 rings (SSSR count). The summed E-state index contributed by atoms with van der Waals surface area (Å²) in [5.41, 5.74) is 0.826. The number of hydrogen-bond acceptors (Lipinski definition) is 4. The Morgan fingerprint density at radius 2 is 2.07 bits per heavy atom. The van der Waals surface area contributed by atoms with Crippen molar-refractivity contribution < 1.29 is 14.4 Å². The summed E-state index contributed by atoms with van der Waals surface area (Å²) in [4.78, 5) is 44.9. The van der Waals surface area contributed by atoms with Crippen LogP contribution in [0.25, 0.3) is 0 Å². The molecule has 3 amide bonds. The summed E-state index contributed by atoms with van der Waals surface area (Å²) in [6.45, 7) is 6.20. The Morgan fingerprint density at radius 3 is 2.79 bits per heavy atom. The zero-order chi connectivity index (χ0) is 20.1. The molecule has 2 aliphatic heterocycles. The van der Waals surface area contributed by atoms with Crippen LogP contribution >= 0.6 is 0 Å². The third-order valence-electron chi connectivity index (χ3n) is 5.78. The number of hydrogen-bond donors (Lipinski definition) is 1. The molecule has 0 saturated carbocycles. The van der Waals surface area contributed by atoms with Gasteiger partial charge >= 0.3 is 0 Å². The summed E-state index contributed by atoms with van der Waals surface area (Å²) >= 11 is 0. The molecule has 152 valence electrons. The van der Waals surface area contributed by atoms with Crippen molar-refractivity contribution in [2.75, 3.05) is 26.2 Å². The second-order valence-electron chi connectivity index (χ2n) is 8.36. The van der Waals surface area contributed by atoms with Crippen LogP contribution in [0.1, 0.15) is 45.2 Å². The molecule has 2 saturated heterocycles. The Hall–Kier alpha value is -2.44. The van der Waals surface area contributed by atoms with Gasteiger partial charge in [0.15, 0.2) is 0 Å². The number of nitrogens with one attached hydrogen (secondary N) is 1. The number of carbonyl (C=O) groups excluding carboxylic acids is 3. The van der Waals surface area contributed by atoms with E-state index in [1.807, 2.05) is 41.8 Å². The van der Waals surface area contributed by atoms with Gasteiger partial charge in [-0.3, -0.25) is 19.4 Å². The second kappa shape index (κ2) is 8.71. The quantitative estimate of drug-likeness (QED) is 0.833. The lowest BCUT2D eigenvalue weighted by atomic mass is 9.73. The molecule has 2 fully saturated rings. The van der Waals surface area contributed by atoms with E-state index < -0.39 is 0 Å². The van der Waals surface area contributed by atoms with Gasteiger partial charge in [-0.15, -0.1) is 0 Å². The van der Waals surface area contributed by atoms with E-state index in [9.17, 15) is 14.4 Å². The molecule has 1 atom stereocenters. The van der Waals surface area contributed by atoms with E-state index in [0.29, 0.717) is 32.6 Å². The van der Waals surface area contributed by atoms with Crippen molar-refractivity contribution in [1.82, 2.24) is 20.1 Å². The van der Waals surface area contributed by atoms with Crippen molar-refractivity contribution in [3.05, 3.63) is 30.1 Å². The highest BCUT2D eigenvalue weighted by molar-refractivity contribution is 5.85. The topological polar surface area (TPSA) is 82.6 Å². The molecular weight excluding hydrogens is 356 g/mol. The number of nitrogens with zero attached hydrogens (tertiary/aromatic N) is 3. The van der Waals surface area contributed by atoms with Crippen LogP contribution in [-0.4, -0.2) is 58.7 Å². The van der Waals surface area contributed by atoms with Crippen molar-refractivity contribution in [2.24, 2.45) is 11.3 Å². The van der Waals surface area contributed by atoms with Crippen LogP contribution in [0.3, 0.4) is 0 Å². The monoisotopic (exact) mass is 386 g/mol. The summed E-state index contributed by atoms with van der Waals surface area (Å²) in [5, 5.41) is 2.72. The lowest BCUT2D eigenvalue weighted by Crippen LogP contribution is -2.56. The van der Waals surface area contributed by atoms with Gasteiger partial charge < -0.3 is 15.1 Å². The van der Waals surface area contributed by atoms with Crippen LogP contribution in [0.4, 0.5) is 0 Å². The summed E-state index contributed by atoms with van der Waals surface area (Å²) in [5.74, 6) is -0.125. The zero-order valence-corrected chi connectivity index (χ0v) is 16.8. The number of pyridine rings is 1. The van der Waals surface area contributed by atoms with Crippen LogP contribution in [0, 0.1) is 11.3 Å². The Labute approximate surface area is 166 Å². The van der Waals surface area contributed by atoms with Gasteiger partial charge in [0.05, 0.1) is 18.8 Å². The maximum atomic E-state index is 12.6. The first-order valence-corrected chi connectivity index (χ1v) is 10.1. The van der Waals surface area contributed by atoms with Crippen molar-refractivity contribution in [3.63, 3.8) is 0 Å². The predicted molar refractivity (Wildman–Crippen MR) is 105 cm³/mol. The zero-order valence-electron chi connectivity index (χ0n) is 16.8. The minimum atomic E-state index is -0.134. The lowest BCUT2D eigenvalue weighted by molar-refractivity contribution is -0.144. The lowest BCUT2D eigenvalue weighted by Gasteiger charge is -2.48. The molecule has 0 radical (unpaired) electrons. The summed E-state index contributed by atoms with van der Waals surface area (Å²) in [6, 6.07) is 5.73. The molecule has 1 aromatic rings. The molecule has 2 aliphatic rings. The second-order valence-corrected chi connectivity index (χ2v) is 8.36. The van der Waals surface area contributed by atoms with Crippen LogP contribution in [0.15, 0.2) is 24.4 Å². The predicted octanol–water partition coefficient (Wildman–Crippen LogP) is 1.58. The van der Waals surface area contributed by atoms with Crippen molar-refractivity contribution >= 4 is 17.7 Å². The molecule has 1 spiro atoms. The highest BCUT2D eigenvalue weighted by Crippen LogP contribution is 2.39. The van der Waals surface area contributed by atoms with Crippen molar-refractivity contribution in [2.45, 2.75) is 46.1 Å². The Balaban J connectivity index is 1.62. The van der Waals surface area contributed by atoms with Crippen LogP contribution in [0.5, 0.6) is 0 Å². The van der Waals surface area contributed by atoms with Gasteiger partial charge in [0.2, 0.25) is 17.7 Å². The summed E-state index contributed by atoms with van der Waals surface area (Å²) in [6.07, 6.45) is 5.01. The summed E-state index contributed by atoms with van der Waals surface area (Å²) in [7, 11) is 0. The van der Waals surface area contributed by atoms with Crippen LogP contribution < -0.4 is 5.32 Å². The third kappa shape index (κ3) is 4.88. The van der Waals surface area contributed by atoms with Gasteiger partial charge in [-0.1, -0.05) is 19.9 Å². The van der Waals surface area contributed by atoms with E-state index in [0.717, 1.165) is 25.0 Å². The Kier molecular flexibility index (Phi) is 6.31. The molecule has 0 aliphatic carbocycles. The molecular formula is C21H30N4O3. The maximum absolute atomic E-state index is 12.6. The van der Waals surface area contributed by atoms with Gasteiger partial charge in [-0.2, -0.15) is 0 Å². The minimum absolute atomic E-state index is 0.0405. The van der Waals surface area contributed by atoms with Gasteiger partial charge in [-0.05, 0) is 31.4 Å². The highest BCUT2D eigenvalue weighted by Gasteiger charge is 2.42. The normalized spacial score (nSPS) is 22.6. The highest BCUT2D eigenvalue weighted by atomic mass is 16.2. The standard InChI is InChI=1S/C21H30N4O3/c1-16(2)20(28)23-12-19(27)24-11-5-8-21(14-24)9-7-18(26)25(15-21)13-17-6-3-4-10-22-17/h3-4,6,10,16H,5,7-9,11-15H2,1-2H3,(H,23,28)/t21-/m0/s1. The fourth-order valence-corrected chi connectivity index (χ4v) is 4.17. The third-order valence-corrected chi connectivity index (χ3v) is 5.78. The fraction of sp³-hybridized carbons (Fsp3) is 0.619. The molecule has 1 N–H and O–H groups in total. The van der Waals surface area contributed by atoms with E-state index in [-0.39, 0.29) is 35.6 Å². The largest absolute Gasteiger partial charge is 0.347 e. The maximum Gasteiger partial charge on any atom is 0.241 e. The van der Waals surface area contributed by atoms with Gasteiger partial charge in [0.25, 0.3) is 0 Å². The minimum Gasteiger partial charge on any atom is -0.347 e. The summed E-state index contributed by atoms with van der Waals surface area (Å²) < 4.78 is 0. The first kappa shape index (κ1) is 20.3. The molecule has 1 aromatic heterocycles. The Bertz CT molecular complexity index is 722. The number of rotatable bonds is 5. The number of amides is 3. The van der Waals surface area contributed by atoms with Gasteiger partial charge in [-0.25, -0.2) is 0 Å². The Morgan fingerprint density at radius 1 is 1.25 bits per heavy atom. The smallest absolute Gasteiger partial charge is 0.241 e.